The molecule has 0 aliphatic heterocycles. The lowest BCUT2D eigenvalue weighted by Crippen LogP contribution is -2.08. The zero-order valence-corrected chi connectivity index (χ0v) is 27.5. The number of anilines is 2. The molecule has 0 saturated heterocycles. The quantitative estimate of drug-likeness (QED) is 0.0687. The minimum Gasteiger partial charge on any atom is -0.505 e. The van der Waals surface area contributed by atoms with E-state index < -0.39 is 126 Å². The first-order valence-corrected chi connectivity index (χ1v) is 19.3. The molecular weight excluding hydrogens is 765 g/mol. The predicted molar refractivity (Wildman–Crippen MR) is 165 cm³/mol. The number of phenols is 1. The number of aromatic hydroxyl groups is 1. The van der Waals surface area contributed by atoms with E-state index >= 15 is 0 Å². The molecule has 27 heteroatoms. The Balaban J connectivity index is 2.11. The summed E-state index contributed by atoms with van der Waals surface area (Å²) in [4.78, 5) is -6.46. The van der Waals surface area contributed by atoms with E-state index in [2.05, 4.69) is 20.5 Å². The fourth-order valence-corrected chi connectivity index (χ4v) is 8.24. The van der Waals surface area contributed by atoms with Gasteiger partial charge in [0.2, 0.25) is 0 Å². The van der Waals surface area contributed by atoms with Crippen LogP contribution in [-0.4, -0.2) is 70.0 Å². The van der Waals surface area contributed by atoms with Gasteiger partial charge in [-0.15, -0.1) is 20.5 Å². The summed E-state index contributed by atoms with van der Waals surface area (Å²) < 4.78 is 169. The third kappa shape index (κ3) is 7.49. The van der Waals surface area contributed by atoms with E-state index in [1.54, 1.807) is 0 Å². The molecule has 4 aromatic rings. The Bertz CT molecular complexity index is 2710. The third-order valence-corrected chi connectivity index (χ3v) is 10.8. The molecule has 0 spiro atoms. The van der Waals surface area contributed by atoms with Crippen molar-refractivity contribution in [3.05, 3.63) is 48.5 Å². The molecule has 22 nitrogen and oxygen atoms in total. The molecule has 0 saturated carbocycles. The molecule has 0 aliphatic carbocycles. The molecule has 0 aromatic heterocycles. The van der Waals surface area contributed by atoms with Gasteiger partial charge < -0.3 is 16.6 Å². The highest BCUT2D eigenvalue weighted by Gasteiger charge is 2.30. The minimum atomic E-state index is -5.51. The average molecular weight is 783 g/mol. The predicted octanol–water partition coefficient (Wildman–Crippen LogP) is 2.77. The summed E-state index contributed by atoms with van der Waals surface area (Å²) in [5, 5.41) is 23.5. The van der Waals surface area contributed by atoms with Gasteiger partial charge in [0, 0.05) is 0 Å². The maximum atomic E-state index is 12.3. The summed E-state index contributed by atoms with van der Waals surface area (Å²) in [7, 11) is -26.7. The number of hydrogen-bond donors (Lipinski definition) is 8. The van der Waals surface area contributed by atoms with Crippen LogP contribution in [0.25, 0.3) is 10.8 Å². The van der Waals surface area contributed by atoms with Gasteiger partial charge in [0.1, 0.15) is 47.2 Å². The lowest BCUT2D eigenvalue weighted by atomic mass is 10.1. The van der Waals surface area contributed by atoms with Crippen LogP contribution in [-0.2, 0) is 50.6 Å². The topological polar surface area (TPSA) is 394 Å². The number of phenolic OH excluding ortho intramolecular Hbond substituents is 1. The summed E-state index contributed by atoms with van der Waals surface area (Å²) in [6.45, 7) is 0. The Hall–Kier alpha value is -4.71. The second kappa shape index (κ2) is 12.3. The van der Waals surface area contributed by atoms with E-state index in [-0.39, 0.29) is 0 Å². The van der Waals surface area contributed by atoms with E-state index in [9.17, 15) is 70.0 Å². The number of nitrogen functional groups attached to an aromatic ring is 2. The summed E-state index contributed by atoms with van der Waals surface area (Å²) in [6, 6.07) is 6.18. The second-order valence-electron chi connectivity index (χ2n) is 9.38. The second-order valence-corrected chi connectivity index (χ2v) is 16.3. The lowest BCUT2D eigenvalue weighted by Gasteiger charge is -2.14. The van der Waals surface area contributed by atoms with Crippen LogP contribution in [0.3, 0.4) is 0 Å². The van der Waals surface area contributed by atoms with Crippen LogP contribution in [0.2, 0.25) is 0 Å². The number of nitrogens with zero attached hydrogens (tertiary/aromatic N) is 4. The molecule has 262 valence electrons. The Morgan fingerprint density at radius 1 is 0.510 bits per heavy atom. The van der Waals surface area contributed by atoms with Gasteiger partial charge in [0.15, 0.2) is 5.75 Å². The molecule has 4 aromatic carbocycles. The van der Waals surface area contributed by atoms with Gasteiger partial charge in [-0.2, -0.15) is 42.1 Å². The van der Waals surface area contributed by atoms with E-state index in [1.165, 1.54) is 0 Å². The van der Waals surface area contributed by atoms with Gasteiger partial charge in [-0.25, -0.2) is 0 Å². The van der Waals surface area contributed by atoms with Gasteiger partial charge >= 0.3 is 0 Å². The van der Waals surface area contributed by atoms with Crippen LogP contribution in [0.15, 0.2) is 93.5 Å². The highest BCUT2D eigenvalue weighted by atomic mass is 32.2. The van der Waals surface area contributed by atoms with E-state index in [0.717, 1.165) is 30.3 Å². The minimum absolute atomic E-state index is 0.456. The first-order chi connectivity index (χ1) is 22.2. The highest BCUT2D eigenvalue weighted by Crippen LogP contribution is 2.48. The Morgan fingerprint density at radius 2 is 0.939 bits per heavy atom. The van der Waals surface area contributed by atoms with Crippen molar-refractivity contribution >= 4 is 95.5 Å². The van der Waals surface area contributed by atoms with Crippen molar-refractivity contribution in [3.8, 4) is 5.75 Å². The Morgan fingerprint density at radius 3 is 1.41 bits per heavy atom. The van der Waals surface area contributed by atoms with E-state index in [0.29, 0.717) is 18.2 Å². The van der Waals surface area contributed by atoms with Crippen molar-refractivity contribution in [2.45, 2.75) is 24.5 Å². The van der Waals surface area contributed by atoms with Crippen molar-refractivity contribution in [3.63, 3.8) is 0 Å². The number of nitrogens with two attached hydrogens (primary N) is 2. The first-order valence-electron chi connectivity index (χ1n) is 12.1. The molecule has 49 heavy (non-hydrogen) atoms. The fraction of sp³-hybridized carbons (Fsp3) is 0. The highest BCUT2D eigenvalue weighted by molar-refractivity contribution is 7.89. The van der Waals surface area contributed by atoms with E-state index in [1.807, 2.05) is 0 Å². The standard InChI is InChI=1S/C22H18N6O16S5/c23-10-3-1-4-11(21(10)48(39,40)41)25-28-19-15(47(36,37)38)8-9-7-14(46(33,34)35)18(17(24)16(9)20(19)29)27-26-12-5-2-6-13(45(30,31)32)22(12)49(42,43)44/h1-8,29H,23-24H2,(H,30,31,32)(H,33,34,35)(H,36,37,38)(H,39,40,41)(H,42,43,44). The van der Waals surface area contributed by atoms with Gasteiger partial charge in [0.05, 0.1) is 16.8 Å². The molecular formula is C22H18N6O16S5. The third-order valence-electron chi connectivity index (χ3n) is 6.16. The summed E-state index contributed by atoms with van der Waals surface area (Å²) in [5.74, 6) is -1.31. The zero-order valence-electron chi connectivity index (χ0n) is 23.4. The normalized spacial score (nSPS) is 13.5. The maximum absolute atomic E-state index is 12.3. The summed E-state index contributed by atoms with van der Waals surface area (Å²) in [5.41, 5.74) is 6.09. The van der Waals surface area contributed by atoms with Gasteiger partial charge in [-0.3, -0.25) is 22.8 Å². The van der Waals surface area contributed by atoms with Crippen LogP contribution in [0.1, 0.15) is 0 Å². The Kier molecular flexibility index (Phi) is 9.33. The molecule has 0 fully saturated rings. The summed E-state index contributed by atoms with van der Waals surface area (Å²) in [6.07, 6.45) is 0. The SMILES string of the molecule is Nc1cccc(N=Nc2c(S(=O)(=O)O)cc3cc(S(=O)(=O)O)c(N=Nc4cccc(S(=O)(=O)O)c4S(=O)(=O)O)c(N)c3c2O)c1S(=O)(=O)O. The molecule has 0 amide bonds. The van der Waals surface area contributed by atoms with Crippen LogP contribution in [0.5, 0.6) is 5.75 Å². The van der Waals surface area contributed by atoms with Gasteiger partial charge in [-0.1, -0.05) is 12.1 Å². The van der Waals surface area contributed by atoms with E-state index in [4.69, 9.17) is 11.5 Å². The number of benzene rings is 4. The van der Waals surface area contributed by atoms with Gasteiger partial charge in [0.25, 0.3) is 50.6 Å². The number of fused-ring (bicyclic) bond motifs is 1. The van der Waals surface area contributed by atoms with Crippen molar-refractivity contribution in [2.75, 3.05) is 11.5 Å². The van der Waals surface area contributed by atoms with Crippen LogP contribution >= 0.6 is 0 Å². The largest absolute Gasteiger partial charge is 0.505 e. The average Bonchev–Trinajstić information content (AvgIpc) is 2.92. The molecule has 0 unspecified atom stereocenters. The molecule has 4 rings (SSSR count). The molecule has 0 bridgehead atoms. The molecule has 0 radical (unpaired) electrons. The van der Waals surface area contributed by atoms with Crippen molar-refractivity contribution in [2.24, 2.45) is 20.5 Å². The van der Waals surface area contributed by atoms with Crippen molar-refractivity contribution < 1.29 is 70.0 Å². The smallest absolute Gasteiger partial charge is 0.298 e. The van der Waals surface area contributed by atoms with Crippen molar-refractivity contribution in [1.29, 1.82) is 0 Å². The van der Waals surface area contributed by atoms with Crippen LogP contribution < -0.4 is 11.5 Å². The molecule has 0 heterocycles. The van der Waals surface area contributed by atoms with Crippen LogP contribution in [0, 0.1) is 0 Å². The Labute approximate surface area is 275 Å². The maximum Gasteiger partial charge on any atom is 0.298 e. The monoisotopic (exact) mass is 782 g/mol. The number of rotatable bonds is 9. The van der Waals surface area contributed by atoms with Crippen molar-refractivity contribution in [1.82, 2.24) is 0 Å². The zero-order chi connectivity index (χ0) is 37.1. The molecule has 0 atom stereocenters. The molecule has 0 aliphatic rings. The van der Waals surface area contributed by atoms with Crippen LogP contribution in [0.4, 0.5) is 34.1 Å². The number of hydrogen-bond acceptors (Lipinski definition) is 17. The summed E-state index contributed by atoms with van der Waals surface area (Å²) >= 11 is 0. The van der Waals surface area contributed by atoms with Gasteiger partial charge in [-0.05, 0) is 41.8 Å². The molecule has 10 N–H and O–H groups in total. The fourth-order valence-electron chi connectivity index (χ4n) is 4.26. The lowest BCUT2D eigenvalue weighted by molar-refractivity contribution is 0.466. The first kappa shape index (κ1) is 37.1. The number of azo groups is 2.